The minimum atomic E-state index is 0.569. The first-order valence-electron chi connectivity index (χ1n) is 9.43. The number of hydrogen-bond donors (Lipinski definition) is 0. The van der Waals surface area contributed by atoms with Crippen molar-refractivity contribution in [2.45, 2.75) is 19.7 Å². The Balaban J connectivity index is 1.22. The van der Waals surface area contributed by atoms with Crippen LogP contribution in [0.25, 0.3) is 0 Å². The van der Waals surface area contributed by atoms with Crippen molar-refractivity contribution in [3.63, 3.8) is 0 Å². The van der Waals surface area contributed by atoms with E-state index in [1.165, 1.54) is 5.56 Å². The summed E-state index contributed by atoms with van der Waals surface area (Å²) in [6.07, 6.45) is 5.32. The van der Waals surface area contributed by atoms with Gasteiger partial charge < -0.3 is 9.15 Å². The highest BCUT2D eigenvalue weighted by Crippen LogP contribution is 2.16. The molecule has 0 amide bonds. The van der Waals surface area contributed by atoms with Gasteiger partial charge in [-0.25, -0.2) is 0 Å². The molecule has 0 aliphatic carbocycles. The fourth-order valence-electron chi connectivity index (χ4n) is 3.32. The number of rotatable bonds is 7. The summed E-state index contributed by atoms with van der Waals surface area (Å²) in [5, 5.41) is 0. The largest absolute Gasteiger partial charge is 0.489 e. The zero-order valence-corrected chi connectivity index (χ0v) is 15.5. The molecule has 0 atom stereocenters. The molecular formula is C22H25N3O2. The van der Waals surface area contributed by atoms with E-state index in [0.29, 0.717) is 6.61 Å². The number of hydrogen-bond acceptors (Lipinski definition) is 5. The lowest BCUT2D eigenvalue weighted by Crippen LogP contribution is -2.45. The number of pyridine rings is 1. The van der Waals surface area contributed by atoms with Crippen molar-refractivity contribution < 1.29 is 9.15 Å². The second kappa shape index (κ2) is 8.84. The number of benzene rings is 1. The third kappa shape index (κ3) is 5.18. The van der Waals surface area contributed by atoms with Gasteiger partial charge in [0, 0.05) is 45.1 Å². The highest BCUT2D eigenvalue weighted by atomic mass is 16.5. The van der Waals surface area contributed by atoms with Crippen molar-refractivity contribution in [3.05, 3.63) is 84.1 Å². The van der Waals surface area contributed by atoms with Gasteiger partial charge in [-0.05, 0) is 47.5 Å². The molecular weight excluding hydrogens is 338 g/mol. The summed E-state index contributed by atoms with van der Waals surface area (Å²) >= 11 is 0. The topological polar surface area (TPSA) is 41.7 Å². The van der Waals surface area contributed by atoms with Crippen LogP contribution in [0.3, 0.4) is 0 Å². The quantitative estimate of drug-likeness (QED) is 0.642. The van der Waals surface area contributed by atoms with Gasteiger partial charge in [0.05, 0.1) is 12.8 Å². The minimum absolute atomic E-state index is 0.569. The van der Waals surface area contributed by atoms with Crippen molar-refractivity contribution in [2.75, 3.05) is 26.2 Å². The third-order valence-corrected chi connectivity index (χ3v) is 4.91. The van der Waals surface area contributed by atoms with Gasteiger partial charge in [0.15, 0.2) is 0 Å². The standard InChI is InChI=1S/C22H25N3O2/c1-2-22(26-15-1)17-25-13-11-24(12-14-25)16-19-3-5-21(6-4-19)27-18-20-7-9-23-10-8-20/h1-10,15H,11-14,16-18H2. The SMILES string of the molecule is c1coc(CN2CCN(Cc3ccc(OCc4ccncc4)cc3)CC2)c1. The van der Waals surface area contributed by atoms with Gasteiger partial charge in [0.2, 0.25) is 0 Å². The Kier molecular flexibility index (Phi) is 5.82. The predicted octanol–water partition coefficient (Wildman–Crippen LogP) is 3.57. The molecule has 0 spiro atoms. The number of nitrogens with zero attached hydrogens (tertiary/aromatic N) is 3. The molecule has 1 aliphatic heterocycles. The van der Waals surface area contributed by atoms with E-state index in [0.717, 1.165) is 56.3 Å². The maximum absolute atomic E-state index is 5.84. The van der Waals surface area contributed by atoms with Crippen LogP contribution >= 0.6 is 0 Å². The summed E-state index contributed by atoms with van der Waals surface area (Å²) in [5.41, 5.74) is 2.45. The summed E-state index contributed by atoms with van der Waals surface area (Å²) in [6, 6.07) is 16.4. The Labute approximate surface area is 160 Å². The second-order valence-electron chi connectivity index (χ2n) is 6.92. The molecule has 0 radical (unpaired) electrons. The van der Waals surface area contributed by atoms with Crippen LogP contribution in [0.2, 0.25) is 0 Å². The first-order valence-corrected chi connectivity index (χ1v) is 9.43. The first-order chi connectivity index (χ1) is 13.3. The Morgan fingerprint density at radius 2 is 1.52 bits per heavy atom. The van der Waals surface area contributed by atoms with Crippen LogP contribution in [0.5, 0.6) is 5.75 Å². The van der Waals surface area contributed by atoms with Crippen LogP contribution in [0.1, 0.15) is 16.9 Å². The summed E-state index contributed by atoms with van der Waals surface area (Å²) in [4.78, 5) is 8.98. The first kappa shape index (κ1) is 17.8. The normalized spacial score (nSPS) is 15.7. The van der Waals surface area contributed by atoms with Gasteiger partial charge in [-0.3, -0.25) is 14.8 Å². The van der Waals surface area contributed by atoms with E-state index in [1.54, 1.807) is 18.7 Å². The third-order valence-electron chi connectivity index (χ3n) is 4.91. The molecule has 1 saturated heterocycles. The van der Waals surface area contributed by atoms with E-state index in [-0.39, 0.29) is 0 Å². The Bertz CT molecular complexity index is 795. The molecule has 140 valence electrons. The van der Waals surface area contributed by atoms with E-state index in [4.69, 9.17) is 9.15 Å². The molecule has 3 heterocycles. The zero-order chi connectivity index (χ0) is 18.3. The predicted molar refractivity (Wildman–Crippen MR) is 104 cm³/mol. The van der Waals surface area contributed by atoms with E-state index >= 15 is 0 Å². The molecule has 1 aliphatic rings. The highest BCUT2D eigenvalue weighted by molar-refractivity contribution is 5.27. The molecule has 1 aromatic carbocycles. The lowest BCUT2D eigenvalue weighted by molar-refractivity contribution is 0.116. The second-order valence-corrected chi connectivity index (χ2v) is 6.92. The molecule has 0 bridgehead atoms. The van der Waals surface area contributed by atoms with Crippen LogP contribution in [0.15, 0.2) is 71.6 Å². The molecule has 0 unspecified atom stereocenters. The molecule has 27 heavy (non-hydrogen) atoms. The van der Waals surface area contributed by atoms with Crippen LogP contribution < -0.4 is 4.74 Å². The van der Waals surface area contributed by atoms with Gasteiger partial charge in [0.25, 0.3) is 0 Å². The Morgan fingerprint density at radius 1 is 0.815 bits per heavy atom. The molecule has 4 rings (SSSR count). The molecule has 0 saturated carbocycles. The number of ether oxygens (including phenoxy) is 1. The molecule has 1 fully saturated rings. The maximum Gasteiger partial charge on any atom is 0.119 e. The van der Waals surface area contributed by atoms with Crippen molar-refractivity contribution >= 4 is 0 Å². The van der Waals surface area contributed by atoms with Crippen molar-refractivity contribution in [3.8, 4) is 5.75 Å². The minimum Gasteiger partial charge on any atom is -0.489 e. The molecule has 5 nitrogen and oxygen atoms in total. The van der Waals surface area contributed by atoms with Gasteiger partial charge in [-0.15, -0.1) is 0 Å². The lowest BCUT2D eigenvalue weighted by atomic mass is 10.2. The molecule has 5 heteroatoms. The maximum atomic E-state index is 5.84. The summed E-state index contributed by atoms with van der Waals surface area (Å²) < 4.78 is 11.3. The summed E-state index contributed by atoms with van der Waals surface area (Å²) in [5.74, 6) is 1.95. The fraction of sp³-hybridized carbons (Fsp3) is 0.318. The van der Waals surface area contributed by atoms with E-state index in [9.17, 15) is 0 Å². The van der Waals surface area contributed by atoms with Crippen LogP contribution in [-0.4, -0.2) is 41.0 Å². The Morgan fingerprint density at radius 3 is 2.19 bits per heavy atom. The van der Waals surface area contributed by atoms with Crippen LogP contribution in [-0.2, 0) is 19.7 Å². The van der Waals surface area contributed by atoms with E-state index in [1.807, 2.05) is 24.3 Å². The van der Waals surface area contributed by atoms with Gasteiger partial charge in [-0.1, -0.05) is 12.1 Å². The lowest BCUT2D eigenvalue weighted by Gasteiger charge is -2.34. The van der Waals surface area contributed by atoms with Crippen molar-refractivity contribution in [2.24, 2.45) is 0 Å². The molecule has 3 aromatic rings. The number of aromatic nitrogens is 1. The average molecular weight is 363 g/mol. The average Bonchev–Trinajstić information content (AvgIpc) is 3.23. The number of piperazine rings is 1. The Hall–Kier alpha value is -2.63. The zero-order valence-electron chi connectivity index (χ0n) is 15.5. The van der Waals surface area contributed by atoms with Crippen molar-refractivity contribution in [1.29, 1.82) is 0 Å². The van der Waals surface area contributed by atoms with Crippen LogP contribution in [0.4, 0.5) is 0 Å². The van der Waals surface area contributed by atoms with E-state index in [2.05, 4.69) is 39.0 Å². The molecule has 0 N–H and O–H groups in total. The highest BCUT2D eigenvalue weighted by Gasteiger charge is 2.17. The fourth-order valence-corrected chi connectivity index (χ4v) is 3.32. The monoisotopic (exact) mass is 363 g/mol. The van der Waals surface area contributed by atoms with E-state index < -0.39 is 0 Å². The van der Waals surface area contributed by atoms with Gasteiger partial charge in [-0.2, -0.15) is 0 Å². The molecule has 2 aromatic heterocycles. The summed E-state index contributed by atoms with van der Waals surface area (Å²) in [7, 11) is 0. The summed E-state index contributed by atoms with van der Waals surface area (Å²) in [6.45, 7) is 6.78. The number of furan rings is 1. The van der Waals surface area contributed by atoms with Gasteiger partial charge >= 0.3 is 0 Å². The smallest absolute Gasteiger partial charge is 0.119 e. The van der Waals surface area contributed by atoms with Crippen LogP contribution in [0, 0.1) is 0 Å². The van der Waals surface area contributed by atoms with Gasteiger partial charge in [0.1, 0.15) is 18.1 Å². The van der Waals surface area contributed by atoms with Crippen molar-refractivity contribution in [1.82, 2.24) is 14.8 Å².